The highest BCUT2D eigenvalue weighted by atomic mass is 19.1. The molecule has 0 saturated heterocycles. The molecule has 3 aromatic heterocycles. The van der Waals surface area contributed by atoms with Gasteiger partial charge in [0, 0.05) is 5.56 Å². The van der Waals surface area contributed by atoms with Crippen LogP contribution in [0.1, 0.15) is 17.1 Å². The number of hydrogen-bond acceptors (Lipinski definition) is 3. The summed E-state index contributed by atoms with van der Waals surface area (Å²) in [4.78, 5) is 13.3. The van der Waals surface area contributed by atoms with Gasteiger partial charge in [-0.15, -0.1) is 0 Å². The summed E-state index contributed by atoms with van der Waals surface area (Å²) in [6.45, 7) is 5.75. The number of para-hydroxylation sites is 2. The first-order valence-corrected chi connectivity index (χ1v) is 7.44. The zero-order valence-electron chi connectivity index (χ0n) is 13.1. The number of nitrogens with zero attached hydrogens (tertiary/aromatic N) is 4. The molecule has 1 aromatic carbocycles. The highest BCUT2D eigenvalue weighted by Crippen LogP contribution is 2.29. The standard InChI is InChI=1S/C18H15FN4/c1-10-13(8-9-16(19)21-10)18-22-12(3)17-11(2)20-14-6-4-5-7-15(14)23(17)18/h4-9H,1-3H3. The van der Waals surface area contributed by atoms with Crippen LogP contribution < -0.4 is 0 Å². The Morgan fingerprint density at radius 3 is 2.35 bits per heavy atom. The first-order chi connectivity index (χ1) is 11.1. The van der Waals surface area contributed by atoms with Crippen molar-refractivity contribution in [2.24, 2.45) is 0 Å². The fourth-order valence-corrected chi connectivity index (χ4v) is 3.12. The van der Waals surface area contributed by atoms with E-state index in [1.54, 1.807) is 13.0 Å². The molecule has 0 radical (unpaired) electrons. The molecule has 0 aliphatic heterocycles. The highest BCUT2D eigenvalue weighted by Gasteiger charge is 2.17. The molecule has 4 nitrogen and oxygen atoms in total. The summed E-state index contributed by atoms with van der Waals surface area (Å²) in [5.41, 5.74) is 6.14. The number of rotatable bonds is 1. The largest absolute Gasteiger partial charge is 0.289 e. The monoisotopic (exact) mass is 306 g/mol. The second kappa shape index (κ2) is 4.84. The van der Waals surface area contributed by atoms with Gasteiger partial charge in [-0.05, 0) is 45.0 Å². The zero-order valence-corrected chi connectivity index (χ0v) is 13.1. The lowest BCUT2D eigenvalue weighted by Crippen LogP contribution is -1.99. The fraction of sp³-hybridized carbons (Fsp3) is 0.167. The van der Waals surface area contributed by atoms with E-state index in [0.29, 0.717) is 5.69 Å². The number of pyridine rings is 1. The Kier molecular flexibility index (Phi) is 2.91. The molecule has 4 aromatic rings. The number of hydrogen-bond donors (Lipinski definition) is 0. The summed E-state index contributed by atoms with van der Waals surface area (Å²) < 4.78 is 15.4. The van der Waals surface area contributed by atoms with Crippen LogP contribution in [-0.4, -0.2) is 19.4 Å². The van der Waals surface area contributed by atoms with E-state index in [1.165, 1.54) is 6.07 Å². The summed E-state index contributed by atoms with van der Waals surface area (Å²) in [6.07, 6.45) is 0. The third kappa shape index (κ3) is 2.00. The van der Waals surface area contributed by atoms with Crippen LogP contribution in [0.2, 0.25) is 0 Å². The van der Waals surface area contributed by atoms with Gasteiger partial charge >= 0.3 is 0 Å². The molecule has 0 fully saturated rings. The number of benzene rings is 1. The van der Waals surface area contributed by atoms with Crippen LogP contribution in [0.15, 0.2) is 36.4 Å². The molecule has 0 aliphatic rings. The molecule has 0 aliphatic carbocycles. The maximum Gasteiger partial charge on any atom is 0.213 e. The Labute approximate surface area is 132 Å². The van der Waals surface area contributed by atoms with Gasteiger partial charge in [0.15, 0.2) is 0 Å². The third-order valence-corrected chi connectivity index (χ3v) is 4.10. The van der Waals surface area contributed by atoms with Crippen molar-refractivity contribution in [1.82, 2.24) is 19.4 Å². The van der Waals surface area contributed by atoms with Crippen LogP contribution in [-0.2, 0) is 0 Å². The second-order valence-electron chi connectivity index (χ2n) is 5.66. The van der Waals surface area contributed by atoms with Crippen molar-refractivity contribution < 1.29 is 4.39 Å². The molecule has 0 unspecified atom stereocenters. The normalized spacial score (nSPS) is 11.5. The molecular weight excluding hydrogens is 291 g/mol. The summed E-state index contributed by atoms with van der Waals surface area (Å²) in [6, 6.07) is 11.1. The summed E-state index contributed by atoms with van der Waals surface area (Å²) in [5, 5.41) is 0. The summed E-state index contributed by atoms with van der Waals surface area (Å²) >= 11 is 0. The Bertz CT molecular complexity index is 1070. The molecule has 5 heteroatoms. The van der Waals surface area contributed by atoms with Gasteiger partial charge in [0.05, 0.1) is 33.6 Å². The number of imidazole rings is 1. The molecule has 4 rings (SSSR count). The molecule has 0 amide bonds. The van der Waals surface area contributed by atoms with Crippen LogP contribution in [0.3, 0.4) is 0 Å². The number of halogens is 1. The molecule has 3 heterocycles. The molecule has 0 spiro atoms. The molecule has 23 heavy (non-hydrogen) atoms. The van der Waals surface area contributed by atoms with E-state index in [1.807, 2.05) is 38.1 Å². The molecule has 0 atom stereocenters. The van der Waals surface area contributed by atoms with Gasteiger partial charge in [0.2, 0.25) is 5.95 Å². The van der Waals surface area contributed by atoms with E-state index < -0.39 is 5.95 Å². The van der Waals surface area contributed by atoms with E-state index in [9.17, 15) is 4.39 Å². The lowest BCUT2D eigenvalue weighted by Gasteiger charge is -2.09. The van der Waals surface area contributed by atoms with Crippen LogP contribution in [0, 0.1) is 26.7 Å². The van der Waals surface area contributed by atoms with Gasteiger partial charge in [-0.3, -0.25) is 4.40 Å². The molecule has 0 bridgehead atoms. The fourth-order valence-electron chi connectivity index (χ4n) is 3.12. The minimum atomic E-state index is -0.480. The van der Waals surface area contributed by atoms with Crippen molar-refractivity contribution in [2.75, 3.05) is 0 Å². The Balaban J connectivity index is 2.20. The summed E-state index contributed by atoms with van der Waals surface area (Å²) in [5.74, 6) is 0.288. The van der Waals surface area contributed by atoms with Crippen molar-refractivity contribution in [3.8, 4) is 11.4 Å². The van der Waals surface area contributed by atoms with Crippen molar-refractivity contribution >= 4 is 16.6 Å². The average molecular weight is 306 g/mol. The van der Waals surface area contributed by atoms with E-state index in [2.05, 4.69) is 14.4 Å². The Morgan fingerprint density at radius 1 is 0.826 bits per heavy atom. The van der Waals surface area contributed by atoms with Crippen LogP contribution in [0.25, 0.3) is 27.9 Å². The smallest absolute Gasteiger partial charge is 0.213 e. The van der Waals surface area contributed by atoms with Gasteiger partial charge in [-0.1, -0.05) is 12.1 Å². The second-order valence-corrected chi connectivity index (χ2v) is 5.66. The minimum Gasteiger partial charge on any atom is -0.289 e. The van der Waals surface area contributed by atoms with E-state index in [4.69, 9.17) is 4.98 Å². The van der Waals surface area contributed by atoms with Gasteiger partial charge in [0.25, 0.3) is 0 Å². The minimum absolute atomic E-state index is 0.480. The predicted octanol–water partition coefficient (Wildman–Crippen LogP) is 4.01. The number of fused-ring (bicyclic) bond motifs is 3. The van der Waals surface area contributed by atoms with Gasteiger partial charge in [0.1, 0.15) is 5.82 Å². The maximum atomic E-state index is 13.4. The molecule has 114 valence electrons. The maximum absolute atomic E-state index is 13.4. The molecule has 0 N–H and O–H groups in total. The number of aryl methyl sites for hydroxylation is 3. The van der Waals surface area contributed by atoms with Gasteiger partial charge < -0.3 is 0 Å². The van der Waals surface area contributed by atoms with Crippen molar-refractivity contribution in [2.45, 2.75) is 20.8 Å². The first-order valence-electron chi connectivity index (χ1n) is 7.44. The quantitative estimate of drug-likeness (QED) is 0.499. The van der Waals surface area contributed by atoms with E-state index >= 15 is 0 Å². The number of aromatic nitrogens is 4. The van der Waals surface area contributed by atoms with Crippen LogP contribution in [0.5, 0.6) is 0 Å². The van der Waals surface area contributed by atoms with Gasteiger partial charge in [-0.2, -0.15) is 4.39 Å². The van der Waals surface area contributed by atoms with Crippen molar-refractivity contribution in [3.63, 3.8) is 0 Å². The molecular formula is C18H15FN4. The predicted molar refractivity (Wildman–Crippen MR) is 87.9 cm³/mol. The van der Waals surface area contributed by atoms with Crippen molar-refractivity contribution in [3.05, 3.63) is 59.4 Å². The third-order valence-electron chi connectivity index (χ3n) is 4.10. The van der Waals surface area contributed by atoms with Crippen LogP contribution >= 0.6 is 0 Å². The molecule has 0 saturated carbocycles. The zero-order chi connectivity index (χ0) is 16.1. The van der Waals surface area contributed by atoms with E-state index in [-0.39, 0.29) is 0 Å². The SMILES string of the molecule is Cc1nc(F)ccc1-c1nc(C)c2c(C)nc3ccccc3n12. The van der Waals surface area contributed by atoms with Crippen LogP contribution in [0.4, 0.5) is 4.39 Å². The highest BCUT2D eigenvalue weighted by molar-refractivity contribution is 5.83. The Hall–Kier alpha value is -2.82. The average Bonchev–Trinajstić information content (AvgIpc) is 2.86. The topological polar surface area (TPSA) is 43.1 Å². The van der Waals surface area contributed by atoms with Crippen molar-refractivity contribution in [1.29, 1.82) is 0 Å². The Morgan fingerprint density at radius 2 is 1.57 bits per heavy atom. The van der Waals surface area contributed by atoms with E-state index in [0.717, 1.165) is 39.3 Å². The van der Waals surface area contributed by atoms with Gasteiger partial charge in [-0.25, -0.2) is 15.0 Å². The summed E-state index contributed by atoms with van der Waals surface area (Å²) in [7, 11) is 0. The lowest BCUT2D eigenvalue weighted by atomic mass is 10.2. The first kappa shape index (κ1) is 13.8. The lowest BCUT2D eigenvalue weighted by molar-refractivity contribution is 0.580.